The first-order chi connectivity index (χ1) is 12.3. The summed E-state index contributed by atoms with van der Waals surface area (Å²) in [6.45, 7) is 10.8. The number of carbonyl (C=O) groups excluding carboxylic acids is 1. The number of Topliss-reactive ketones (excluding diaryl/α,β-unsaturated/α-hetero) is 1. The van der Waals surface area contributed by atoms with Gasteiger partial charge in [0.2, 0.25) is 0 Å². The van der Waals surface area contributed by atoms with Crippen LogP contribution in [-0.2, 0) is 4.79 Å². The van der Waals surface area contributed by atoms with Crippen molar-refractivity contribution in [2.75, 3.05) is 0 Å². The molecule has 0 amide bonds. The number of aromatic nitrogens is 1. The van der Waals surface area contributed by atoms with Crippen LogP contribution in [0.1, 0.15) is 51.5 Å². The molecule has 1 saturated carbocycles. The zero-order valence-corrected chi connectivity index (χ0v) is 16.0. The molecule has 2 aromatic rings. The molecular weight excluding hydrogens is 318 g/mol. The lowest BCUT2D eigenvalue weighted by Crippen LogP contribution is -2.19. The van der Waals surface area contributed by atoms with E-state index < -0.39 is 0 Å². The van der Waals surface area contributed by atoms with Gasteiger partial charge in [-0.25, -0.2) is 0 Å². The predicted molar refractivity (Wildman–Crippen MR) is 108 cm³/mol. The van der Waals surface area contributed by atoms with E-state index in [2.05, 4.69) is 62.7 Å². The summed E-state index contributed by atoms with van der Waals surface area (Å²) in [5, 5.41) is 0. The summed E-state index contributed by atoms with van der Waals surface area (Å²) >= 11 is 0. The highest BCUT2D eigenvalue weighted by Gasteiger charge is 2.27. The minimum absolute atomic E-state index is 0.188. The second-order valence-electron chi connectivity index (χ2n) is 8.37. The van der Waals surface area contributed by atoms with Gasteiger partial charge in [-0.1, -0.05) is 57.7 Å². The molecule has 1 fully saturated rings. The molecule has 1 aliphatic carbocycles. The SMILES string of the molecule is C=C1CC(c2ccc(-c3ccncc3)cc2)CC(=O)/C1=C\CC(C)(C)C. The van der Waals surface area contributed by atoms with Gasteiger partial charge < -0.3 is 0 Å². The molecule has 3 rings (SSSR count). The Bertz CT molecular complexity index is 803. The van der Waals surface area contributed by atoms with Crippen LogP contribution in [-0.4, -0.2) is 10.8 Å². The highest BCUT2D eigenvalue weighted by molar-refractivity contribution is 6.01. The van der Waals surface area contributed by atoms with Crippen molar-refractivity contribution >= 4 is 5.78 Å². The van der Waals surface area contributed by atoms with Crippen LogP contribution in [0, 0.1) is 5.41 Å². The van der Waals surface area contributed by atoms with E-state index in [1.807, 2.05) is 12.1 Å². The molecule has 1 unspecified atom stereocenters. The Morgan fingerprint density at radius 3 is 2.23 bits per heavy atom. The lowest BCUT2D eigenvalue weighted by atomic mass is 9.77. The molecule has 1 aromatic carbocycles. The molecule has 0 spiro atoms. The van der Waals surface area contributed by atoms with E-state index >= 15 is 0 Å². The zero-order chi connectivity index (χ0) is 18.7. The lowest BCUT2D eigenvalue weighted by Gasteiger charge is -2.26. The largest absolute Gasteiger partial charge is 0.294 e. The molecule has 0 aliphatic heterocycles. The van der Waals surface area contributed by atoms with E-state index in [1.54, 1.807) is 12.4 Å². The van der Waals surface area contributed by atoms with E-state index in [0.717, 1.165) is 29.6 Å². The quantitative estimate of drug-likeness (QED) is 0.628. The van der Waals surface area contributed by atoms with E-state index in [4.69, 9.17) is 0 Å². The third kappa shape index (κ3) is 4.37. The first-order valence-electron chi connectivity index (χ1n) is 9.25. The first kappa shape index (κ1) is 18.3. The normalized spacial score (nSPS) is 19.8. The van der Waals surface area contributed by atoms with Gasteiger partial charge in [0.1, 0.15) is 0 Å². The van der Waals surface area contributed by atoms with Crippen LogP contribution < -0.4 is 0 Å². The van der Waals surface area contributed by atoms with E-state index in [-0.39, 0.29) is 17.1 Å². The monoisotopic (exact) mass is 345 g/mol. The van der Waals surface area contributed by atoms with Gasteiger partial charge in [-0.3, -0.25) is 9.78 Å². The fraction of sp³-hybridized carbons (Fsp3) is 0.333. The number of ketones is 1. The van der Waals surface area contributed by atoms with Crippen LogP contribution in [0.25, 0.3) is 11.1 Å². The fourth-order valence-corrected chi connectivity index (χ4v) is 3.40. The molecule has 26 heavy (non-hydrogen) atoms. The molecule has 1 aliphatic rings. The topological polar surface area (TPSA) is 30.0 Å². The summed E-state index contributed by atoms with van der Waals surface area (Å²) in [5.41, 5.74) is 5.56. The molecule has 0 N–H and O–H groups in total. The van der Waals surface area contributed by atoms with Crippen LogP contribution in [0.15, 0.2) is 72.6 Å². The second kappa shape index (κ2) is 7.41. The van der Waals surface area contributed by atoms with Crippen LogP contribution in [0.2, 0.25) is 0 Å². The number of benzene rings is 1. The minimum Gasteiger partial charge on any atom is -0.294 e. The predicted octanol–water partition coefficient (Wildman–Crippen LogP) is 6.11. The van der Waals surface area contributed by atoms with Crippen molar-refractivity contribution < 1.29 is 4.79 Å². The summed E-state index contributed by atoms with van der Waals surface area (Å²) < 4.78 is 0. The van der Waals surface area contributed by atoms with Crippen LogP contribution >= 0.6 is 0 Å². The van der Waals surface area contributed by atoms with E-state index in [1.165, 1.54) is 11.1 Å². The second-order valence-corrected chi connectivity index (χ2v) is 8.37. The minimum atomic E-state index is 0.188. The van der Waals surface area contributed by atoms with Crippen molar-refractivity contribution in [1.82, 2.24) is 4.98 Å². The highest BCUT2D eigenvalue weighted by atomic mass is 16.1. The molecule has 2 heteroatoms. The zero-order valence-electron chi connectivity index (χ0n) is 16.0. The van der Waals surface area contributed by atoms with Crippen molar-refractivity contribution in [3.05, 3.63) is 78.2 Å². The van der Waals surface area contributed by atoms with Gasteiger partial charge in [0.25, 0.3) is 0 Å². The summed E-state index contributed by atoms with van der Waals surface area (Å²) in [6, 6.07) is 12.6. The maximum atomic E-state index is 12.7. The van der Waals surface area contributed by atoms with Crippen molar-refractivity contribution in [2.45, 2.75) is 46.0 Å². The van der Waals surface area contributed by atoms with E-state index in [9.17, 15) is 4.79 Å². The number of rotatable bonds is 3. The highest BCUT2D eigenvalue weighted by Crippen LogP contribution is 2.37. The Labute approximate surface area is 156 Å². The molecule has 0 radical (unpaired) electrons. The Kier molecular flexibility index (Phi) is 5.22. The van der Waals surface area contributed by atoms with Gasteiger partial charge in [-0.2, -0.15) is 0 Å². The van der Waals surface area contributed by atoms with Gasteiger partial charge >= 0.3 is 0 Å². The Balaban J connectivity index is 1.74. The molecule has 134 valence electrons. The van der Waals surface area contributed by atoms with E-state index in [0.29, 0.717) is 6.42 Å². The summed E-state index contributed by atoms with van der Waals surface area (Å²) in [5.74, 6) is 0.460. The van der Waals surface area contributed by atoms with Crippen LogP contribution in [0.4, 0.5) is 0 Å². The van der Waals surface area contributed by atoms with Crippen molar-refractivity contribution in [3.63, 3.8) is 0 Å². The fourth-order valence-electron chi connectivity index (χ4n) is 3.40. The third-order valence-corrected chi connectivity index (χ3v) is 4.92. The lowest BCUT2D eigenvalue weighted by molar-refractivity contribution is -0.116. The van der Waals surface area contributed by atoms with Crippen molar-refractivity contribution in [1.29, 1.82) is 0 Å². The van der Waals surface area contributed by atoms with Crippen LogP contribution in [0.5, 0.6) is 0 Å². The number of hydrogen-bond acceptors (Lipinski definition) is 2. The molecule has 1 aromatic heterocycles. The molecule has 1 heterocycles. The Morgan fingerprint density at radius 1 is 1.04 bits per heavy atom. The summed E-state index contributed by atoms with van der Waals surface area (Å²) in [4.78, 5) is 16.7. The number of nitrogens with zero attached hydrogens (tertiary/aromatic N) is 1. The van der Waals surface area contributed by atoms with Crippen LogP contribution in [0.3, 0.4) is 0 Å². The Morgan fingerprint density at radius 2 is 1.65 bits per heavy atom. The number of allylic oxidation sites excluding steroid dienone is 3. The average molecular weight is 345 g/mol. The van der Waals surface area contributed by atoms with Gasteiger partial charge in [0.15, 0.2) is 5.78 Å². The molecule has 0 saturated heterocycles. The molecule has 0 bridgehead atoms. The molecule has 2 nitrogen and oxygen atoms in total. The third-order valence-electron chi connectivity index (χ3n) is 4.92. The van der Waals surface area contributed by atoms with Crippen molar-refractivity contribution in [2.24, 2.45) is 5.41 Å². The van der Waals surface area contributed by atoms with Crippen molar-refractivity contribution in [3.8, 4) is 11.1 Å². The average Bonchev–Trinajstić information content (AvgIpc) is 2.61. The van der Waals surface area contributed by atoms with Gasteiger partial charge in [-0.05, 0) is 58.6 Å². The number of pyridine rings is 1. The van der Waals surface area contributed by atoms with Gasteiger partial charge in [0, 0.05) is 24.4 Å². The Hall–Kier alpha value is -2.48. The molecular formula is C24H27NO. The number of hydrogen-bond donors (Lipinski definition) is 0. The van der Waals surface area contributed by atoms with Gasteiger partial charge in [-0.15, -0.1) is 0 Å². The smallest absolute Gasteiger partial charge is 0.163 e. The number of carbonyl (C=O) groups is 1. The summed E-state index contributed by atoms with van der Waals surface area (Å²) in [6.07, 6.45) is 8.03. The standard InChI is InChI=1S/C24H27NO/c1-17-15-21(16-23(26)22(17)9-12-24(2,3)4)19-7-5-18(6-8-19)20-10-13-25-14-11-20/h5-11,13-14,21H,1,12,15-16H2,2-4H3/b22-9-. The first-order valence-corrected chi connectivity index (χ1v) is 9.25. The maximum absolute atomic E-state index is 12.7. The van der Waals surface area contributed by atoms with Gasteiger partial charge in [0.05, 0.1) is 0 Å². The molecule has 1 atom stereocenters. The maximum Gasteiger partial charge on any atom is 0.163 e. The summed E-state index contributed by atoms with van der Waals surface area (Å²) in [7, 11) is 0.